The number of aliphatic carboxylic acids is 1. The molecule has 0 saturated carbocycles. The van der Waals surface area contributed by atoms with Crippen molar-refractivity contribution in [2.45, 2.75) is 39.2 Å². The van der Waals surface area contributed by atoms with Crippen LogP contribution in [0.5, 0.6) is 5.75 Å². The average molecular weight is 332 g/mol. The third-order valence-electron chi connectivity index (χ3n) is 4.61. The number of likely N-dealkylation sites (tertiary alicyclic amines) is 1. The van der Waals surface area contributed by atoms with Crippen molar-refractivity contribution >= 4 is 17.7 Å². The molecule has 1 aromatic rings. The minimum Gasteiger partial charge on any atom is -0.487 e. The molecule has 130 valence electrons. The van der Waals surface area contributed by atoms with E-state index in [1.54, 1.807) is 4.90 Å². The van der Waals surface area contributed by atoms with E-state index >= 15 is 0 Å². The molecule has 2 unspecified atom stereocenters. The van der Waals surface area contributed by atoms with Crippen LogP contribution in [0.25, 0.3) is 0 Å². The Hall–Kier alpha value is -2.24. The molecule has 0 spiro atoms. The van der Waals surface area contributed by atoms with Crippen molar-refractivity contribution in [3.05, 3.63) is 23.8 Å². The van der Waals surface area contributed by atoms with Crippen LogP contribution in [0.1, 0.15) is 32.8 Å². The van der Waals surface area contributed by atoms with E-state index in [1.165, 1.54) is 0 Å². The zero-order chi connectivity index (χ0) is 17.5. The summed E-state index contributed by atoms with van der Waals surface area (Å²) in [7, 11) is 0. The van der Waals surface area contributed by atoms with Crippen molar-refractivity contribution in [3.63, 3.8) is 0 Å². The third kappa shape index (κ3) is 3.47. The summed E-state index contributed by atoms with van der Waals surface area (Å²) < 4.78 is 5.84. The van der Waals surface area contributed by atoms with E-state index in [1.807, 2.05) is 39.0 Å². The molecular formula is C18H24N2O4. The predicted molar refractivity (Wildman–Crippen MR) is 90.4 cm³/mol. The van der Waals surface area contributed by atoms with Crippen LogP contribution in [-0.2, 0) is 11.2 Å². The van der Waals surface area contributed by atoms with Gasteiger partial charge in [0.2, 0.25) is 0 Å². The fraction of sp³-hybridized carbons (Fsp3) is 0.556. The molecule has 0 aromatic heterocycles. The van der Waals surface area contributed by atoms with Gasteiger partial charge in [-0.05, 0) is 44.4 Å². The quantitative estimate of drug-likeness (QED) is 0.873. The van der Waals surface area contributed by atoms with Gasteiger partial charge in [0, 0.05) is 30.8 Å². The number of carboxylic acid groups (broad SMARTS) is 1. The van der Waals surface area contributed by atoms with E-state index < -0.39 is 11.9 Å². The minimum absolute atomic E-state index is 0.180. The number of amides is 2. The first-order valence-corrected chi connectivity index (χ1v) is 8.34. The second-order valence-corrected chi connectivity index (χ2v) is 7.57. The highest BCUT2D eigenvalue weighted by molar-refractivity contribution is 5.90. The number of ether oxygens (including phenoxy) is 1. The van der Waals surface area contributed by atoms with Gasteiger partial charge in [-0.3, -0.25) is 4.79 Å². The number of urea groups is 1. The van der Waals surface area contributed by atoms with Crippen LogP contribution in [0.15, 0.2) is 18.2 Å². The molecule has 3 rings (SSSR count). The molecule has 0 aliphatic carbocycles. The Labute approximate surface area is 141 Å². The largest absolute Gasteiger partial charge is 0.487 e. The number of nitrogens with zero attached hydrogens (tertiary/aromatic N) is 1. The van der Waals surface area contributed by atoms with Crippen molar-refractivity contribution in [3.8, 4) is 5.75 Å². The number of anilines is 1. The molecule has 2 aliphatic rings. The minimum atomic E-state index is -0.837. The van der Waals surface area contributed by atoms with Crippen molar-refractivity contribution in [2.24, 2.45) is 11.8 Å². The van der Waals surface area contributed by atoms with Crippen LogP contribution in [0, 0.1) is 11.8 Å². The van der Waals surface area contributed by atoms with E-state index in [9.17, 15) is 14.7 Å². The molecule has 2 atom stereocenters. The van der Waals surface area contributed by atoms with Crippen molar-refractivity contribution in [1.82, 2.24) is 4.90 Å². The van der Waals surface area contributed by atoms with Crippen LogP contribution in [0.2, 0.25) is 0 Å². The highest BCUT2D eigenvalue weighted by Crippen LogP contribution is 2.36. The van der Waals surface area contributed by atoms with Crippen LogP contribution >= 0.6 is 0 Å². The highest BCUT2D eigenvalue weighted by atomic mass is 16.5. The second-order valence-electron chi connectivity index (χ2n) is 7.57. The SMILES string of the molecule is CC1CC(C(=O)O)CN(C(=O)Nc2ccc3c(c2)CC(C)(C)O3)C1. The molecule has 1 fully saturated rings. The normalized spacial score (nSPS) is 24.9. The maximum Gasteiger partial charge on any atom is 0.321 e. The zero-order valence-electron chi connectivity index (χ0n) is 14.3. The molecule has 0 radical (unpaired) electrons. The molecule has 1 saturated heterocycles. The summed E-state index contributed by atoms with van der Waals surface area (Å²) in [4.78, 5) is 25.3. The number of hydrogen-bond acceptors (Lipinski definition) is 3. The number of piperidine rings is 1. The van der Waals surface area contributed by atoms with Gasteiger partial charge in [0.05, 0.1) is 5.92 Å². The number of hydrogen-bond donors (Lipinski definition) is 2. The first kappa shape index (κ1) is 16.6. The summed E-state index contributed by atoms with van der Waals surface area (Å²) >= 11 is 0. The van der Waals surface area contributed by atoms with Gasteiger partial charge in [-0.15, -0.1) is 0 Å². The average Bonchev–Trinajstić information content (AvgIpc) is 2.79. The Balaban J connectivity index is 1.68. The number of nitrogens with one attached hydrogen (secondary N) is 1. The van der Waals surface area contributed by atoms with Crippen molar-refractivity contribution in [2.75, 3.05) is 18.4 Å². The van der Waals surface area contributed by atoms with E-state index in [-0.39, 0.29) is 24.1 Å². The smallest absolute Gasteiger partial charge is 0.321 e. The zero-order valence-corrected chi connectivity index (χ0v) is 14.3. The molecule has 0 bridgehead atoms. The molecule has 2 heterocycles. The molecule has 24 heavy (non-hydrogen) atoms. The third-order valence-corrected chi connectivity index (χ3v) is 4.61. The van der Waals surface area contributed by atoms with Crippen molar-refractivity contribution in [1.29, 1.82) is 0 Å². The number of benzene rings is 1. The van der Waals surface area contributed by atoms with E-state index in [0.29, 0.717) is 18.7 Å². The number of carboxylic acids is 1. The lowest BCUT2D eigenvalue weighted by atomic mass is 9.91. The van der Waals surface area contributed by atoms with E-state index in [4.69, 9.17) is 4.74 Å². The van der Waals surface area contributed by atoms with Crippen LogP contribution in [0.4, 0.5) is 10.5 Å². The Bertz CT molecular complexity index is 671. The van der Waals surface area contributed by atoms with Gasteiger partial charge in [-0.2, -0.15) is 0 Å². The highest BCUT2D eigenvalue weighted by Gasteiger charge is 2.33. The molecule has 2 N–H and O–H groups in total. The Morgan fingerprint density at radius 2 is 2.08 bits per heavy atom. The van der Waals surface area contributed by atoms with E-state index in [0.717, 1.165) is 17.7 Å². The molecule has 2 amide bonds. The van der Waals surface area contributed by atoms with Gasteiger partial charge in [0.1, 0.15) is 11.4 Å². The molecule has 6 heteroatoms. The number of carbonyl (C=O) groups is 2. The Kier molecular flexibility index (Phi) is 4.15. The lowest BCUT2D eigenvalue weighted by Crippen LogP contribution is -2.47. The standard InChI is InChI=1S/C18H24N2O4/c1-11-6-13(16(21)22)10-20(9-11)17(23)19-14-4-5-15-12(7-14)8-18(2,3)24-15/h4-5,7,11,13H,6,8-10H2,1-3H3,(H,19,23)(H,21,22). The number of rotatable bonds is 2. The lowest BCUT2D eigenvalue weighted by molar-refractivity contribution is -0.143. The second kappa shape index (κ2) is 6.00. The summed E-state index contributed by atoms with van der Waals surface area (Å²) in [5, 5.41) is 12.1. The summed E-state index contributed by atoms with van der Waals surface area (Å²) in [5.74, 6) is -0.291. The molecule has 1 aromatic carbocycles. The van der Waals surface area contributed by atoms with Gasteiger partial charge in [-0.25, -0.2) is 4.79 Å². The van der Waals surface area contributed by atoms with Gasteiger partial charge in [-0.1, -0.05) is 6.92 Å². The first-order valence-electron chi connectivity index (χ1n) is 8.34. The number of carbonyl (C=O) groups excluding carboxylic acids is 1. The van der Waals surface area contributed by atoms with Gasteiger partial charge >= 0.3 is 12.0 Å². The summed E-state index contributed by atoms with van der Waals surface area (Å²) in [5.41, 5.74) is 1.57. The Morgan fingerprint density at radius 3 is 2.79 bits per heavy atom. The fourth-order valence-corrected chi connectivity index (χ4v) is 3.59. The molecule has 6 nitrogen and oxygen atoms in total. The van der Waals surface area contributed by atoms with Gasteiger partial charge in [0.15, 0.2) is 0 Å². The molecule has 2 aliphatic heterocycles. The Morgan fingerprint density at radius 1 is 1.33 bits per heavy atom. The van der Waals surface area contributed by atoms with Crippen LogP contribution < -0.4 is 10.1 Å². The number of fused-ring (bicyclic) bond motifs is 1. The summed E-state index contributed by atoms with van der Waals surface area (Å²) in [6.45, 7) is 6.88. The van der Waals surface area contributed by atoms with Crippen molar-refractivity contribution < 1.29 is 19.4 Å². The van der Waals surface area contributed by atoms with Gasteiger partial charge < -0.3 is 20.1 Å². The summed E-state index contributed by atoms with van der Waals surface area (Å²) in [6.07, 6.45) is 1.41. The maximum absolute atomic E-state index is 12.5. The topological polar surface area (TPSA) is 78.9 Å². The maximum atomic E-state index is 12.5. The molecular weight excluding hydrogens is 308 g/mol. The fourth-order valence-electron chi connectivity index (χ4n) is 3.59. The van der Waals surface area contributed by atoms with Crippen LogP contribution in [0.3, 0.4) is 0 Å². The predicted octanol–water partition coefficient (Wildman–Crippen LogP) is 2.97. The van der Waals surface area contributed by atoms with E-state index in [2.05, 4.69) is 5.32 Å². The van der Waals surface area contributed by atoms with Gasteiger partial charge in [0.25, 0.3) is 0 Å². The lowest BCUT2D eigenvalue weighted by Gasteiger charge is -2.34. The first-order chi connectivity index (χ1) is 11.2. The monoisotopic (exact) mass is 332 g/mol. The van der Waals surface area contributed by atoms with Crippen LogP contribution in [-0.4, -0.2) is 40.7 Å². The summed E-state index contributed by atoms with van der Waals surface area (Å²) in [6, 6.07) is 5.38.